The van der Waals surface area contributed by atoms with Gasteiger partial charge in [-0.15, -0.1) is 0 Å². The summed E-state index contributed by atoms with van der Waals surface area (Å²) in [6.07, 6.45) is 7.88. The first-order chi connectivity index (χ1) is 11.0. The molecule has 4 bridgehead atoms. The summed E-state index contributed by atoms with van der Waals surface area (Å²) in [5, 5.41) is 6.37. The Balaban J connectivity index is 1.35. The molecule has 0 spiro atoms. The number of anilines is 1. The molecule has 4 aliphatic rings. The Labute approximate surface area is 137 Å². The van der Waals surface area contributed by atoms with E-state index in [-0.39, 0.29) is 17.3 Å². The topological polar surface area (TPSA) is 41.1 Å². The average molecular weight is 316 g/mol. The quantitative estimate of drug-likeness (QED) is 0.890. The summed E-state index contributed by atoms with van der Waals surface area (Å²) in [6.45, 7) is 2.04. The van der Waals surface area contributed by atoms with Gasteiger partial charge in [0.2, 0.25) is 5.91 Å². The molecule has 0 atom stereocenters. The van der Waals surface area contributed by atoms with Gasteiger partial charge in [-0.2, -0.15) is 0 Å². The molecule has 4 aliphatic carbocycles. The van der Waals surface area contributed by atoms with Crippen molar-refractivity contribution in [1.29, 1.82) is 0 Å². The highest BCUT2D eigenvalue weighted by atomic mass is 19.1. The molecule has 1 aromatic rings. The molecule has 3 nitrogen and oxygen atoms in total. The lowest BCUT2D eigenvalue weighted by Gasteiger charge is -2.57. The predicted molar refractivity (Wildman–Crippen MR) is 88.7 cm³/mol. The highest BCUT2D eigenvalue weighted by Crippen LogP contribution is 2.55. The van der Waals surface area contributed by atoms with Gasteiger partial charge in [-0.05, 0) is 80.9 Å². The Hall–Kier alpha value is -1.42. The molecule has 5 rings (SSSR count). The van der Waals surface area contributed by atoms with E-state index in [1.807, 2.05) is 0 Å². The number of amides is 1. The van der Waals surface area contributed by atoms with Gasteiger partial charge in [0.15, 0.2) is 0 Å². The van der Waals surface area contributed by atoms with Crippen LogP contribution in [-0.4, -0.2) is 18.0 Å². The van der Waals surface area contributed by atoms with Crippen molar-refractivity contribution < 1.29 is 9.18 Å². The third-order valence-corrected chi connectivity index (χ3v) is 6.12. The number of halogens is 1. The Morgan fingerprint density at radius 3 is 2.35 bits per heavy atom. The van der Waals surface area contributed by atoms with Crippen LogP contribution >= 0.6 is 0 Å². The van der Waals surface area contributed by atoms with Crippen molar-refractivity contribution in [2.24, 2.45) is 17.8 Å². The molecule has 0 aromatic heterocycles. The zero-order valence-corrected chi connectivity index (χ0v) is 13.7. The van der Waals surface area contributed by atoms with Gasteiger partial charge < -0.3 is 10.6 Å². The summed E-state index contributed by atoms with van der Waals surface area (Å²) in [5.74, 6) is 2.23. The van der Waals surface area contributed by atoms with Crippen molar-refractivity contribution in [3.8, 4) is 0 Å². The van der Waals surface area contributed by atoms with E-state index < -0.39 is 0 Å². The summed E-state index contributed by atoms with van der Waals surface area (Å²) < 4.78 is 13.6. The Morgan fingerprint density at radius 2 is 1.78 bits per heavy atom. The molecule has 124 valence electrons. The fourth-order valence-electron chi connectivity index (χ4n) is 5.47. The van der Waals surface area contributed by atoms with Crippen LogP contribution in [0.4, 0.5) is 10.1 Å². The lowest BCUT2D eigenvalue weighted by atomic mass is 9.53. The monoisotopic (exact) mass is 316 g/mol. The van der Waals surface area contributed by atoms with Crippen LogP contribution in [0.15, 0.2) is 18.2 Å². The van der Waals surface area contributed by atoms with Crippen molar-refractivity contribution >= 4 is 11.6 Å². The molecule has 23 heavy (non-hydrogen) atoms. The Morgan fingerprint density at radius 1 is 1.17 bits per heavy atom. The number of aryl methyl sites for hydroxylation is 1. The molecule has 0 radical (unpaired) electrons. The second-order valence-electron chi connectivity index (χ2n) is 8.06. The molecule has 1 aromatic carbocycles. The van der Waals surface area contributed by atoms with Crippen LogP contribution in [0.2, 0.25) is 0 Å². The lowest BCUT2D eigenvalue weighted by molar-refractivity contribution is -0.116. The van der Waals surface area contributed by atoms with Crippen LogP contribution in [0.1, 0.15) is 44.1 Å². The number of carbonyl (C=O) groups excluding carboxylic acids is 1. The van der Waals surface area contributed by atoms with E-state index >= 15 is 0 Å². The number of benzene rings is 1. The van der Waals surface area contributed by atoms with Gasteiger partial charge in [0, 0.05) is 11.2 Å². The molecule has 2 N–H and O–H groups in total. The van der Waals surface area contributed by atoms with Gasteiger partial charge in [0.1, 0.15) is 5.82 Å². The van der Waals surface area contributed by atoms with E-state index in [1.165, 1.54) is 44.6 Å². The van der Waals surface area contributed by atoms with Crippen LogP contribution < -0.4 is 10.6 Å². The molecule has 0 saturated heterocycles. The minimum atomic E-state index is -0.281. The minimum absolute atomic E-state index is 0.0796. The summed E-state index contributed by atoms with van der Waals surface area (Å²) in [5.41, 5.74) is 1.31. The highest BCUT2D eigenvalue weighted by Gasteiger charge is 2.50. The van der Waals surface area contributed by atoms with Crippen molar-refractivity contribution in [3.05, 3.63) is 29.6 Å². The van der Waals surface area contributed by atoms with Gasteiger partial charge >= 0.3 is 0 Å². The van der Waals surface area contributed by atoms with Crippen LogP contribution in [0.5, 0.6) is 0 Å². The van der Waals surface area contributed by atoms with E-state index in [4.69, 9.17) is 0 Å². The van der Waals surface area contributed by atoms with E-state index in [0.29, 0.717) is 17.8 Å². The number of carbonyl (C=O) groups is 1. The van der Waals surface area contributed by atoms with Crippen molar-refractivity contribution in [2.45, 2.75) is 51.0 Å². The molecule has 1 amide bonds. The maximum atomic E-state index is 13.6. The first-order valence-corrected chi connectivity index (χ1v) is 8.82. The molecule has 4 heteroatoms. The SMILES string of the molecule is Cc1ccc(NC(=O)CNC23CC4CC(CC(C4)C2)C3)cc1F. The zero-order chi connectivity index (χ0) is 16.0. The third-order valence-electron chi connectivity index (χ3n) is 6.12. The molecular formula is C19H25FN2O. The molecule has 4 saturated carbocycles. The minimum Gasteiger partial charge on any atom is -0.325 e. The molecular weight excluding hydrogens is 291 g/mol. The normalized spacial score (nSPS) is 34.6. The Kier molecular flexibility index (Phi) is 3.67. The molecule has 4 fully saturated rings. The second-order valence-corrected chi connectivity index (χ2v) is 8.06. The van der Waals surface area contributed by atoms with Crippen LogP contribution in [0, 0.1) is 30.5 Å². The first kappa shape index (κ1) is 15.1. The molecule has 0 aliphatic heterocycles. The van der Waals surface area contributed by atoms with Gasteiger partial charge in [-0.25, -0.2) is 4.39 Å². The van der Waals surface area contributed by atoms with Gasteiger partial charge in [0.05, 0.1) is 6.54 Å². The van der Waals surface area contributed by atoms with Crippen LogP contribution in [0.3, 0.4) is 0 Å². The first-order valence-electron chi connectivity index (χ1n) is 8.82. The standard InChI is InChI=1S/C19H25FN2O/c1-12-2-3-16(7-17(12)20)22-18(23)11-21-19-8-13-4-14(9-19)6-15(5-13)10-19/h2-3,7,13-15,21H,4-6,8-11H2,1H3,(H,22,23). The van der Waals surface area contributed by atoms with E-state index in [2.05, 4.69) is 10.6 Å². The number of rotatable bonds is 4. The molecule has 0 heterocycles. The number of nitrogens with one attached hydrogen (secondary N) is 2. The van der Waals surface area contributed by atoms with E-state index in [9.17, 15) is 9.18 Å². The van der Waals surface area contributed by atoms with Gasteiger partial charge in [-0.1, -0.05) is 6.07 Å². The number of hydrogen-bond donors (Lipinski definition) is 2. The lowest BCUT2D eigenvalue weighted by Crippen LogP contribution is -2.59. The Bertz CT molecular complexity index is 593. The van der Waals surface area contributed by atoms with Crippen molar-refractivity contribution in [3.63, 3.8) is 0 Å². The maximum Gasteiger partial charge on any atom is 0.238 e. The average Bonchev–Trinajstić information content (AvgIpc) is 2.48. The van der Waals surface area contributed by atoms with E-state index in [1.54, 1.807) is 19.1 Å². The fraction of sp³-hybridized carbons (Fsp3) is 0.632. The largest absolute Gasteiger partial charge is 0.325 e. The highest BCUT2D eigenvalue weighted by molar-refractivity contribution is 5.92. The van der Waals surface area contributed by atoms with Gasteiger partial charge in [-0.3, -0.25) is 4.79 Å². The third kappa shape index (κ3) is 3.01. The zero-order valence-electron chi connectivity index (χ0n) is 13.7. The fourth-order valence-corrected chi connectivity index (χ4v) is 5.47. The van der Waals surface area contributed by atoms with Crippen LogP contribution in [-0.2, 0) is 4.79 Å². The summed E-state index contributed by atoms with van der Waals surface area (Å²) in [4.78, 5) is 12.2. The van der Waals surface area contributed by atoms with Gasteiger partial charge in [0.25, 0.3) is 0 Å². The van der Waals surface area contributed by atoms with Crippen molar-refractivity contribution in [2.75, 3.05) is 11.9 Å². The number of hydrogen-bond acceptors (Lipinski definition) is 2. The predicted octanol–water partition coefficient (Wildman–Crippen LogP) is 3.63. The summed E-state index contributed by atoms with van der Waals surface area (Å²) >= 11 is 0. The van der Waals surface area contributed by atoms with E-state index in [0.717, 1.165) is 17.8 Å². The second kappa shape index (κ2) is 5.59. The summed E-state index contributed by atoms with van der Waals surface area (Å²) in [7, 11) is 0. The van der Waals surface area contributed by atoms with Crippen molar-refractivity contribution in [1.82, 2.24) is 5.32 Å². The molecule has 0 unspecified atom stereocenters. The van der Waals surface area contributed by atoms with Crippen LogP contribution in [0.25, 0.3) is 0 Å². The smallest absolute Gasteiger partial charge is 0.238 e. The summed E-state index contributed by atoms with van der Waals surface area (Å²) in [6, 6.07) is 4.83. The maximum absolute atomic E-state index is 13.6.